The van der Waals surface area contributed by atoms with Crippen LogP contribution in [-0.4, -0.2) is 26.0 Å². The Morgan fingerprint density at radius 2 is 1.66 bits per heavy atom. The lowest BCUT2D eigenvalue weighted by Gasteiger charge is -2.11. The van der Waals surface area contributed by atoms with Crippen LogP contribution in [0.3, 0.4) is 0 Å². The summed E-state index contributed by atoms with van der Waals surface area (Å²) in [7, 11) is -3.52. The molecule has 6 nitrogen and oxygen atoms in total. The second kappa shape index (κ2) is 8.78. The summed E-state index contributed by atoms with van der Waals surface area (Å²) in [5.74, 6) is -0.907. The number of benzene rings is 2. The number of hydrogen-bond acceptors (Lipinski definition) is 4. The van der Waals surface area contributed by atoms with Crippen LogP contribution in [0.1, 0.15) is 37.8 Å². The summed E-state index contributed by atoms with van der Waals surface area (Å²) < 4.78 is 25.2. The summed E-state index contributed by atoms with van der Waals surface area (Å²) in [5, 5.41) is 5.46. The van der Waals surface area contributed by atoms with Crippen molar-refractivity contribution in [3.8, 4) is 0 Å². The number of anilines is 2. The van der Waals surface area contributed by atoms with Crippen LogP contribution in [0.25, 0.3) is 0 Å². The predicted octanol–water partition coefficient (Wildman–Crippen LogP) is 3.57. The molecule has 2 amide bonds. The predicted molar refractivity (Wildman–Crippen MR) is 114 cm³/mol. The highest BCUT2D eigenvalue weighted by molar-refractivity contribution is 7.91. The lowest BCUT2D eigenvalue weighted by Crippen LogP contribution is -2.19. The first kappa shape index (κ1) is 21.0. The lowest BCUT2D eigenvalue weighted by atomic mass is 10.1. The quantitative estimate of drug-likeness (QED) is 0.724. The van der Waals surface area contributed by atoms with E-state index in [0.29, 0.717) is 11.4 Å². The third kappa shape index (κ3) is 5.44. The van der Waals surface area contributed by atoms with Gasteiger partial charge in [0.2, 0.25) is 11.8 Å². The van der Waals surface area contributed by atoms with Gasteiger partial charge < -0.3 is 10.6 Å². The van der Waals surface area contributed by atoms with Gasteiger partial charge in [-0.3, -0.25) is 9.59 Å². The molecule has 0 spiro atoms. The van der Waals surface area contributed by atoms with Crippen LogP contribution in [0, 0.1) is 5.92 Å². The van der Waals surface area contributed by atoms with Crippen LogP contribution >= 0.6 is 0 Å². The van der Waals surface area contributed by atoms with Crippen LogP contribution in [0.15, 0.2) is 47.4 Å². The molecule has 0 bridgehead atoms. The Morgan fingerprint density at radius 3 is 2.38 bits per heavy atom. The highest BCUT2D eigenvalue weighted by atomic mass is 32.2. The summed E-state index contributed by atoms with van der Waals surface area (Å²) in [6.07, 6.45) is 2.82. The first-order valence-corrected chi connectivity index (χ1v) is 11.5. The van der Waals surface area contributed by atoms with Gasteiger partial charge in [-0.1, -0.05) is 26.0 Å². The summed E-state index contributed by atoms with van der Waals surface area (Å²) in [6, 6.07) is 12.0. The fourth-order valence-electron chi connectivity index (χ4n) is 3.27. The van der Waals surface area contributed by atoms with E-state index in [1.807, 2.05) is 6.07 Å². The summed E-state index contributed by atoms with van der Waals surface area (Å²) in [4.78, 5) is 24.3. The number of hydrogen-bond donors (Lipinski definition) is 2. The SMILES string of the molecule is CC(C)C(=O)Nc1cccc(NC(=O)CCS(=O)(=O)c2ccc3c(c2)CCC3)c1. The number of nitrogens with one attached hydrogen (secondary N) is 2. The normalized spacial score (nSPS) is 13.2. The van der Waals surface area contributed by atoms with Gasteiger partial charge in [0.25, 0.3) is 0 Å². The van der Waals surface area contributed by atoms with Gasteiger partial charge in [0, 0.05) is 23.7 Å². The van der Waals surface area contributed by atoms with Gasteiger partial charge in [0.05, 0.1) is 10.6 Å². The fraction of sp³-hybridized carbons (Fsp3) is 0.364. The van der Waals surface area contributed by atoms with E-state index in [-0.39, 0.29) is 34.8 Å². The molecule has 3 rings (SSSR count). The zero-order valence-electron chi connectivity index (χ0n) is 16.7. The molecule has 0 unspecified atom stereocenters. The average molecular weight is 415 g/mol. The Kier molecular flexibility index (Phi) is 6.37. The first-order valence-electron chi connectivity index (χ1n) is 9.80. The third-order valence-electron chi connectivity index (χ3n) is 4.97. The topological polar surface area (TPSA) is 92.3 Å². The Bertz CT molecular complexity index is 1030. The van der Waals surface area contributed by atoms with E-state index < -0.39 is 9.84 Å². The fourth-order valence-corrected chi connectivity index (χ4v) is 4.56. The van der Waals surface area contributed by atoms with Gasteiger partial charge in [-0.25, -0.2) is 8.42 Å². The van der Waals surface area contributed by atoms with E-state index in [1.165, 1.54) is 5.56 Å². The van der Waals surface area contributed by atoms with E-state index in [0.717, 1.165) is 24.8 Å². The first-order chi connectivity index (χ1) is 13.7. The largest absolute Gasteiger partial charge is 0.326 e. The van der Waals surface area contributed by atoms with E-state index in [1.54, 1.807) is 50.2 Å². The molecule has 2 N–H and O–H groups in total. The van der Waals surface area contributed by atoms with Gasteiger partial charge in [-0.15, -0.1) is 0 Å². The number of sulfone groups is 1. The van der Waals surface area contributed by atoms with Crippen molar-refractivity contribution in [3.05, 3.63) is 53.6 Å². The van der Waals surface area contributed by atoms with Crippen molar-refractivity contribution < 1.29 is 18.0 Å². The highest BCUT2D eigenvalue weighted by Crippen LogP contribution is 2.25. The summed E-state index contributed by atoms with van der Waals surface area (Å²) >= 11 is 0. The second-order valence-electron chi connectivity index (χ2n) is 7.63. The molecule has 0 saturated carbocycles. The van der Waals surface area contributed by atoms with E-state index in [2.05, 4.69) is 10.6 Å². The van der Waals surface area contributed by atoms with Gasteiger partial charge in [0.15, 0.2) is 9.84 Å². The molecule has 0 aliphatic heterocycles. The molecule has 0 atom stereocenters. The maximum Gasteiger partial charge on any atom is 0.226 e. The molecule has 0 heterocycles. The van der Waals surface area contributed by atoms with Crippen molar-refractivity contribution in [1.29, 1.82) is 0 Å². The molecule has 1 aliphatic carbocycles. The van der Waals surface area contributed by atoms with Crippen molar-refractivity contribution in [3.63, 3.8) is 0 Å². The van der Waals surface area contributed by atoms with Gasteiger partial charge in [-0.2, -0.15) is 0 Å². The van der Waals surface area contributed by atoms with Gasteiger partial charge in [-0.05, 0) is 60.7 Å². The number of rotatable bonds is 7. The van der Waals surface area contributed by atoms with E-state index >= 15 is 0 Å². The Hall–Kier alpha value is -2.67. The Balaban J connectivity index is 1.59. The molecular formula is C22H26N2O4S. The zero-order chi connectivity index (χ0) is 21.0. The van der Waals surface area contributed by atoms with Crippen molar-refractivity contribution in [2.75, 3.05) is 16.4 Å². The molecular weight excluding hydrogens is 388 g/mol. The van der Waals surface area contributed by atoms with Gasteiger partial charge in [0.1, 0.15) is 0 Å². The standard InChI is InChI=1S/C22H26N2O4S/c1-15(2)22(26)24-19-8-4-7-18(14-19)23-21(25)11-12-29(27,28)20-10-9-16-5-3-6-17(16)13-20/h4,7-10,13-15H,3,5-6,11-12H2,1-2H3,(H,23,25)(H,24,26). The number of carbonyl (C=O) groups is 2. The van der Waals surface area contributed by atoms with E-state index in [4.69, 9.17) is 0 Å². The minimum absolute atomic E-state index is 0.117. The molecule has 0 radical (unpaired) electrons. The van der Waals surface area contributed by atoms with Crippen molar-refractivity contribution in [2.24, 2.45) is 5.92 Å². The van der Waals surface area contributed by atoms with Crippen LogP contribution < -0.4 is 10.6 Å². The number of fused-ring (bicyclic) bond motifs is 1. The summed E-state index contributed by atoms with van der Waals surface area (Å²) in [6.45, 7) is 3.59. The second-order valence-corrected chi connectivity index (χ2v) is 9.74. The molecule has 7 heteroatoms. The zero-order valence-corrected chi connectivity index (χ0v) is 17.5. The molecule has 154 valence electrons. The molecule has 0 aromatic heterocycles. The number of carbonyl (C=O) groups excluding carboxylic acids is 2. The van der Waals surface area contributed by atoms with Crippen LogP contribution in [0.5, 0.6) is 0 Å². The smallest absolute Gasteiger partial charge is 0.226 e. The van der Waals surface area contributed by atoms with Crippen LogP contribution in [-0.2, 0) is 32.3 Å². The highest BCUT2D eigenvalue weighted by Gasteiger charge is 2.20. The monoisotopic (exact) mass is 414 g/mol. The molecule has 2 aromatic rings. The minimum atomic E-state index is -3.52. The maximum atomic E-state index is 12.6. The molecule has 2 aromatic carbocycles. The Labute approximate surface area is 171 Å². The molecule has 1 aliphatic rings. The summed E-state index contributed by atoms with van der Waals surface area (Å²) in [5.41, 5.74) is 3.39. The lowest BCUT2D eigenvalue weighted by molar-refractivity contribution is -0.119. The molecule has 0 saturated heterocycles. The van der Waals surface area contributed by atoms with Crippen LogP contribution in [0.2, 0.25) is 0 Å². The maximum absolute atomic E-state index is 12.6. The average Bonchev–Trinajstić information content (AvgIpc) is 3.14. The Morgan fingerprint density at radius 1 is 0.966 bits per heavy atom. The molecule has 0 fully saturated rings. The third-order valence-corrected chi connectivity index (χ3v) is 6.68. The number of amides is 2. The van der Waals surface area contributed by atoms with Crippen molar-refractivity contribution >= 4 is 33.0 Å². The van der Waals surface area contributed by atoms with Gasteiger partial charge >= 0.3 is 0 Å². The van der Waals surface area contributed by atoms with Crippen LogP contribution in [0.4, 0.5) is 11.4 Å². The number of aryl methyl sites for hydroxylation is 2. The van der Waals surface area contributed by atoms with Crippen molar-refractivity contribution in [2.45, 2.75) is 44.4 Å². The minimum Gasteiger partial charge on any atom is -0.326 e. The van der Waals surface area contributed by atoms with Crippen molar-refractivity contribution in [1.82, 2.24) is 0 Å². The van der Waals surface area contributed by atoms with E-state index in [9.17, 15) is 18.0 Å². The molecule has 29 heavy (non-hydrogen) atoms.